The molecule has 1 saturated heterocycles. The number of amides is 1. The number of benzene rings is 2. The highest BCUT2D eigenvalue weighted by Crippen LogP contribution is 2.43. The number of piperidine rings is 1. The van der Waals surface area contributed by atoms with Gasteiger partial charge in [-0.2, -0.15) is 4.31 Å². The molecule has 1 aliphatic rings. The molecule has 1 amide bonds. The van der Waals surface area contributed by atoms with Crippen LogP contribution in [0.1, 0.15) is 28.9 Å². The van der Waals surface area contributed by atoms with Crippen LogP contribution in [0, 0.1) is 0 Å². The van der Waals surface area contributed by atoms with Crippen molar-refractivity contribution in [2.45, 2.75) is 24.2 Å². The zero-order valence-corrected chi connectivity index (χ0v) is 22.9. The number of hydrogen-bond donors (Lipinski definition) is 1. The number of carbonyl (C=O) groups is 2. The summed E-state index contributed by atoms with van der Waals surface area (Å²) in [4.78, 5) is 25.2. The fourth-order valence-corrected chi connectivity index (χ4v) is 7.26. The van der Waals surface area contributed by atoms with Crippen LogP contribution in [0.15, 0.2) is 35.2 Å². The zero-order chi connectivity index (χ0) is 26.0. The third-order valence-electron chi connectivity index (χ3n) is 5.61. The Bertz CT molecular complexity index is 1440. The number of methoxy groups -OCH3 is 1. The third-order valence-corrected chi connectivity index (χ3v) is 10.0. The number of hydrogen-bond acceptors (Lipinski definition) is 7. The summed E-state index contributed by atoms with van der Waals surface area (Å²) in [6.07, 6.45) is 2.58. The zero-order valence-electron chi connectivity index (χ0n) is 19.0. The van der Waals surface area contributed by atoms with Crippen molar-refractivity contribution in [2.24, 2.45) is 0 Å². The molecule has 3 aromatic rings. The van der Waals surface area contributed by atoms with E-state index < -0.39 is 28.5 Å². The predicted molar refractivity (Wildman–Crippen MR) is 141 cm³/mol. The molecule has 0 aliphatic carbocycles. The van der Waals surface area contributed by atoms with E-state index in [0.717, 1.165) is 30.6 Å². The first-order valence-electron chi connectivity index (χ1n) is 10.8. The van der Waals surface area contributed by atoms with Crippen LogP contribution in [-0.2, 0) is 19.6 Å². The Balaban J connectivity index is 1.45. The molecule has 1 aliphatic heterocycles. The van der Waals surface area contributed by atoms with Crippen LogP contribution < -0.4 is 10.1 Å². The molecule has 0 unspecified atom stereocenters. The third kappa shape index (κ3) is 5.44. The number of ether oxygens (including phenoxy) is 2. The summed E-state index contributed by atoms with van der Waals surface area (Å²) in [5.41, 5.74) is 0.0922. The van der Waals surface area contributed by atoms with Crippen LogP contribution in [0.5, 0.6) is 5.75 Å². The van der Waals surface area contributed by atoms with Crippen molar-refractivity contribution in [3.8, 4) is 5.75 Å². The van der Waals surface area contributed by atoms with Crippen molar-refractivity contribution in [3.63, 3.8) is 0 Å². The molecule has 1 fully saturated rings. The van der Waals surface area contributed by atoms with E-state index in [1.54, 1.807) is 12.1 Å². The van der Waals surface area contributed by atoms with E-state index in [1.807, 2.05) is 0 Å². The number of esters is 1. The number of thiophene rings is 1. The molecule has 0 saturated carbocycles. The lowest BCUT2D eigenvalue weighted by Gasteiger charge is -2.26. The van der Waals surface area contributed by atoms with Gasteiger partial charge in [0.05, 0.1) is 32.4 Å². The number of nitrogens with one attached hydrogen (secondary N) is 1. The lowest BCUT2D eigenvalue weighted by atomic mass is 10.2. The van der Waals surface area contributed by atoms with Gasteiger partial charge in [-0.05, 0) is 43.2 Å². The molecular weight excluding hydrogens is 571 g/mol. The predicted octanol–water partition coefficient (Wildman–Crippen LogP) is 5.84. The minimum Gasteiger partial charge on any atom is -0.495 e. The van der Waals surface area contributed by atoms with Crippen molar-refractivity contribution in [1.29, 1.82) is 0 Å². The van der Waals surface area contributed by atoms with Crippen molar-refractivity contribution in [1.82, 2.24) is 4.31 Å². The van der Waals surface area contributed by atoms with E-state index in [4.69, 9.17) is 44.3 Å². The van der Waals surface area contributed by atoms with Gasteiger partial charge in [0, 0.05) is 18.5 Å². The number of sulfonamides is 1. The minimum absolute atomic E-state index is 0.0189. The molecule has 1 N–H and O–H groups in total. The van der Waals surface area contributed by atoms with E-state index in [-0.39, 0.29) is 25.5 Å². The standard InChI is InChI=1S/C23H21Cl3N2O6S2/c1-33-17-8-6-14-19(25)22(35-21(14)20(17)26)23(30)34-12-18(29)27-16-11-13(5-7-15(16)24)36(31,32)28-9-3-2-4-10-28/h5-8,11H,2-4,9-10,12H2,1H3,(H,27,29). The van der Waals surface area contributed by atoms with Crippen LogP contribution in [0.4, 0.5) is 5.69 Å². The lowest BCUT2D eigenvalue weighted by Crippen LogP contribution is -2.35. The van der Waals surface area contributed by atoms with Crippen LogP contribution in [-0.4, -0.2) is 51.4 Å². The molecule has 13 heteroatoms. The maximum absolute atomic E-state index is 13.0. The fraction of sp³-hybridized carbons (Fsp3) is 0.304. The van der Waals surface area contributed by atoms with E-state index >= 15 is 0 Å². The normalized spacial score (nSPS) is 14.6. The molecule has 0 bridgehead atoms. The highest BCUT2D eigenvalue weighted by Gasteiger charge is 2.27. The fourth-order valence-electron chi connectivity index (χ4n) is 3.77. The quantitative estimate of drug-likeness (QED) is 0.346. The highest BCUT2D eigenvalue weighted by molar-refractivity contribution is 7.89. The number of nitrogens with zero attached hydrogens (tertiary/aromatic N) is 1. The smallest absolute Gasteiger partial charge is 0.350 e. The number of rotatable bonds is 7. The van der Waals surface area contributed by atoms with Crippen LogP contribution in [0.2, 0.25) is 15.1 Å². The Hall–Kier alpha value is -2.08. The van der Waals surface area contributed by atoms with Crippen molar-refractivity contribution < 1.29 is 27.5 Å². The van der Waals surface area contributed by atoms with Gasteiger partial charge in [0.25, 0.3) is 5.91 Å². The van der Waals surface area contributed by atoms with Gasteiger partial charge in [-0.3, -0.25) is 4.79 Å². The van der Waals surface area contributed by atoms with Crippen molar-refractivity contribution in [3.05, 3.63) is 50.3 Å². The van der Waals surface area contributed by atoms with Crippen LogP contribution >= 0.6 is 46.1 Å². The Kier molecular flexibility index (Phi) is 8.33. The Labute approximate surface area is 227 Å². The number of anilines is 1. The molecule has 0 radical (unpaired) electrons. The largest absolute Gasteiger partial charge is 0.495 e. The number of carbonyl (C=O) groups excluding carboxylic acids is 2. The van der Waals surface area contributed by atoms with Crippen molar-refractivity contribution >= 4 is 83.8 Å². The molecule has 0 spiro atoms. The lowest BCUT2D eigenvalue weighted by molar-refractivity contribution is -0.119. The van der Waals surface area contributed by atoms with Gasteiger partial charge in [-0.25, -0.2) is 13.2 Å². The first-order chi connectivity index (χ1) is 17.1. The van der Waals surface area contributed by atoms with E-state index in [9.17, 15) is 18.0 Å². The average Bonchev–Trinajstić information content (AvgIpc) is 3.22. The van der Waals surface area contributed by atoms with Gasteiger partial charge in [0.2, 0.25) is 10.0 Å². The summed E-state index contributed by atoms with van der Waals surface area (Å²) in [6.45, 7) is 0.252. The SMILES string of the molecule is COc1ccc2c(Cl)c(C(=O)OCC(=O)Nc3cc(S(=O)(=O)N4CCCCC4)ccc3Cl)sc2c1Cl. The monoisotopic (exact) mass is 590 g/mol. The Morgan fingerprint density at radius 1 is 1.06 bits per heavy atom. The second kappa shape index (κ2) is 11.1. The molecule has 1 aromatic heterocycles. The van der Waals surface area contributed by atoms with E-state index in [2.05, 4.69) is 5.32 Å². The molecular formula is C23H21Cl3N2O6S2. The molecule has 8 nitrogen and oxygen atoms in total. The summed E-state index contributed by atoms with van der Waals surface area (Å²) in [5.74, 6) is -1.07. The van der Waals surface area contributed by atoms with Gasteiger partial charge in [-0.1, -0.05) is 41.2 Å². The molecule has 4 rings (SSSR count). The first kappa shape index (κ1) is 27.0. The summed E-state index contributed by atoms with van der Waals surface area (Å²) in [5, 5.41) is 3.67. The van der Waals surface area contributed by atoms with Gasteiger partial charge < -0.3 is 14.8 Å². The summed E-state index contributed by atoms with van der Waals surface area (Å²) < 4.78 is 38.2. The van der Waals surface area contributed by atoms with Gasteiger partial charge >= 0.3 is 5.97 Å². The van der Waals surface area contributed by atoms with E-state index in [1.165, 1.54) is 29.6 Å². The minimum atomic E-state index is -3.72. The topological polar surface area (TPSA) is 102 Å². The number of fused-ring (bicyclic) bond motifs is 1. The maximum Gasteiger partial charge on any atom is 0.350 e. The average molecular weight is 592 g/mol. The summed E-state index contributed by atoms with van der Waals surface area (Å²) in [7, 11) is -2.25. The van der Waals surface area contributed by atoms with Gasteiger partial charge in [0.1, 0.15) is 15.6 Å². The molecule has 2 heterocycles. The Morgan fingerprint density at radius 3 is 2.47 bits per heavy atom. The van der Waals surface area contributed by atoms with Gasteiger partial charge in [0.15, 0.2) is 6.61 Å². The molecule has 2 aromatic carbocycles. The molecule has 0 atom stereocenters. The summed E-state index contributed by atoms with van der Waals surface area (Å²) >= 11 is 19.8. The molecule has 36 heavy (non-hydrogen) atoms. The van der Waals surface area contributed by atoms with Crippen LogP contribution in [0.3, 0.4) is 0 Å². The maximum atomic E-state index is 13.0. The molecule has 192 valence electrons. The van der Waals surface area contributed by atoms with Gasteiger partial charge in [-0.15, -0.1) is 11.3 Å². The Morgan fingerprint density at radius 2 is 1.78 bits per heavy atom. The highest BCUT2D eigenvalue weighted by atomic mass is 35.5. The number of halogens is 3. The van der Waals surface area contributed by atoms with E-state index in [0.29, 0.717) is 33.9 Å². The second-order valence-corrected chi connectivity index (χ2v) is 12.1. The first-order valence-corrected chi connectivity index (χ1v) is 14.2. The van der Waals surface area contributed by atoms with Crippen LogP contribution in [0.25, 0.3) is 10.1 Å². The summed E-state index contributed by atoms with van der Waals surface area (Å²) in [6, 6.07) is 7.40. The second-order valence-electron chi connectivity index (χ2n) is 7.93. The van der Waals surface area contributed by atoms with Crippen molar-refractivity contribution in [2.75, 3.05) is 32.1 Å².